The van der Waals surface area contributed by atoms with Crippen molar-refractivity contribution in [3.63, 3.8) is 0 Å². The van der Waals surface area contributed by atoms with Gasteiger partial charge in [0.05, 0.1) is 11.9 Å². The van der Waals surface area contributed by atoms with Gasteiger partial charge in [0.15, 0.2) is 0 Å². The monoisotopic (exact) mass is 515 g/mol. The van der Waals surface area contributed by atoms with Gasteiger partial charge in [0.2, 0.25) is 21.8 Å². The Balaban J connectivity index is 2.23. The van der Waals surface area contributed by atoms with Crippen LogP contribution in [0.1, 0.15) is 63.1 Å². The fraction of sp³-hybridized carbons (Fsp3) is 0.500. The Morgan fingerprint density at radius 2 is 1.61 bits per heavy atom. The summed E-state index contributed by atoms with van der Waals surface area (Å²) in [5.74, 6) is -0.326. The fourth-order valence-electron chi connectivity index (χ4n) is 4.05. The number of hydrogen-bond acceptors (Lipinski definition) is 4. The van der Waals surface area contributed by atoms with E-state index in [2.05, 4.69) is 5.32 Å². The second-order valence-electron chi connectivity index (χ2n) is 9.46. The summed E-state index contributed by atoms with van der Waals surface area (Å²) in [7, 11) is -3.51. The first-order valence-corrected chi connectivity index (χ1v) is 14.5. The van der Waals surface area contributed by atoms with Gasteiger partial charge in [-0.15, -0.1) is 0 Å². The molecule has 1 N–H and O–H groups in total. The van der Waals surface area contributed by atoms with Crippen LogP contribution in [0.5, 0.6) is 0 Å². The lowest BCUT2D eigenvalue weighted by molar-refractivity contribution is -0.141. The van der Waals surface area contributed by atoms with Gasteiger partial charge in [0.25, 0.3) is 0 Å². The topological polar surface area (TPSA) is 86.8 Å². The van der Waals surface area contributed by atoms with Gasteiger partial charge in [-0.3, -0.25) is 13.9 Å². The van der Waals surface area contributed by atoms with E-state index in [0.29, 0.717) is 25.1 Å². The highest BCUT2D eigenvalue weighted by Gasteiger charge is 2.29. The Bertz CT molecular complexity index is 1120. The molecule has 0 fully saturated rings. The van der Waals surface area contributed by atoms with Crippen molar-refractivity contribution < 1.29 is 18.0 Å². The van der Waals surface area contributed by atoms with Crippen molar-refractivity contribution >= 4 is 27.5 Å². The average molecular weight is 516 g/mol. The second kappa shape index (κ2) is 13.4. The highest BCUT2D eigenvalue weighted by atomic mass is 32.2. The van der Waals surface area contributed by atoms with E-state index >= 15 is 0 Å². The smallest absolute Gasteiger partial charge is 0.243 e. The Hall–Kier alpha value is -2.87. The van der Waals surface area contributed by atoms with Crippen molar-refractivity contribution in [3.05, 3.63) is 65.2 Å². The molecule has 0 spiro atoms. The number of aryl methyl sites for hydroxylation is 2. The van der Waals surface area contributed by atoms with E-state index in [4.69, 9.17) is 0 Å². The number of rotatable bonds is 13. The van der Waals surface area contributed by atoms with Crippen LogP contribution < -0.4 is 9.62 Å². The number of anilines is 1. The first kappa shape index (κ1) is 29.4. The van der Waals surface area contributed by atoms with Crippen LogP contribution in [0, 0.1) is 13.8 Å². The van der Waals surface area contributed by atoms with Crippen molar-refractivity contribution in [3.8, 4) is 0 Å². The third-order valence-corrected chi connectivity index (χ3v) is 7.66. The normalized spacial score (nSPS) is 13.1. The minimum atomic E-state index is -3.51. The molecule has 0 aromatic heterocycles. The Morgan fingerprint density at radius 3 is 2.17 bits per heavy atom. The van der Waals surface area contributed by atoms with E-state index in [9.17, 15) is 18.0 Å². The van der Waals surface area contributed by atoms with Crippen molar-refractivity contribution in [2.45, 2.75) is 78.9 Å². The van der Waals surface area contributed by atoms with Crippen molar-refractivity contribution in [2.75, 3.05) is 17.1 Å². The van der Waals surface area contributed by atoms with E-state index in [1.807, 2.05) is 71.0 Å². The van der Waals surface area contributed by atoms with Crippen LogP contribution in [0.2, 0.25) is 0 Å². The third kappa shape index (κ3) is 8.36. The summed E-state index contributed by atoms with van der Waals surface area (Å²) in [6, 6.07) is 14.5. The molecule has 0 heterocycles. The molecular weight excluding hydrogens is 474 g/mol. The SMILES string of the molecule is CC[C@H](C(=O)N[C@@H](C)CC)N(Cc1ccccc1C)C(=O)CCCN(c1ccc(C)cc1)S(C)(=O)=O. The molecule has 8 heteroatoms. The van der Waals surface area contributed by atoms with Crippen molar-refractivity contribution in [1.82, 2.24) is 10.2 Å². The maximum atomic E-state index is 13.5. The molecule has 2 rings (SSSR count). The van der Waals surface area contributed by atoms with E-state index in [1.165, 1.54) is 10.6 Å². The summed E-state index contributed by atoms with van der Waals surface area (Å²) >= 11 is 0. The molecule has 0 saturated heterocycles. The standard InChI is InChI=1S/C28H41N3O4S/c1-7-23(5)29-28(33)26(8-2)30(20-24-13-10-9-12-22(24)4)27(32)14-11-19-31(36(6,34)35)25-17-15-21(3)16-18-25/h9-10,12-13,15-18,23,26H,7-8,11,14,19-20H2,1-6H3,(H,29,33)/t23-,26+/m0/s1. The summed E-state index contributed by atoms with van der Waals surface area (Å²) in [6.45, 7) is 10.3. The average Bonchev–Trinajstić information content (AvgIpc) is 2.82. The van der Waals surface area contributed by atoms with Gasteiger partial charge in [0, 0.05) is 25.6 Å². The van der Waals surface area contributed by atoms with E-state index in [0.717, 1.165) is 23.1 Å². The summed E-state index contributed by atoms with van der Waals surface area (Å²) in [5, 5.41) is 3.02. The van der Waals surface area contributed by atoms with Crippen LogP contribution in [0.4, 0.5) is 5.69 Å². The molecule has 0 aliphatic rings. The maximum Gasteiger partial charge on any atom is 0.243 e. The lowest BCUT2D eigenvalue weighted by atomic mass is 10.0. The molecule has 2 atom stereocenters. The van der Waals surface area contributed by atoms with Gasteiger partial charge in [-0.25, -0.2) is 8.42 Å². The summed E-state index contributed by atoms with van der Waals surface area (Å²) < 4.78 is 26.2. The molecule has 0 radical (unpaired) electrons. The first-order valence-electron chi connectivity index (χ1n) is 12.7. The van der Waals surface area contributed by atoms with E-state index in [-0.39, 0.29) is 30.8 Å². The van der Waals surface area contributed by atoms with Crippen LogP contribution in [-0.2, 0) is 26.2 Å². The highest BCUT2D eigenvalue weighted by molar-refractivity contribution is 7.92. The second-order valence-corrected chi connectivity index (χ2v) is 11.4. The van der Waals surface area contributed by atoms with Crippen LogP contribution in [-0.4, -0.2) is 50.0 Å². The highest BCUT2D eigenvalue weighted by Crippen LogP contribution is 2.21. The predicted molar refractivity (Wildman–Crippen MR) is 146 cm³/mol. The fourth-order valence-corrected chi connectivity index (χ4v) is 5.01. The number of benzene rings is 2. The van der Waals surface area contributed by atoms with Gasteiger partial charge in [-0.2, -0.15) is 0 Å². The molecule has 0 unspecified atom stereocenters. The lowest BCUT2D eigenvalue weighted by Crippen LogP contribution is -2.50. The molecule has 36 heavy (non-hydrogen) atoms. The Labute approximate surface area is 216 Å². The van der Waals surface area contributed by atoms with Crippen LogP contribution in [0.25, 0.3) is 0 Å². The number of nitrogens with zero attached hydrogens (tertiary/aromatic N) is 2. The number of sulfonamides is 1. The van der Waals surface area contributed by atoms with Gasteiger partial charge >= 0.3 is 0 Å². The third-order valence-electron chi connectivity index (χ3n) is 6.46. The Kier molecular flexibility index (Phi) is 11.0. The van der Waals surface area contributed by atoms with Crippen LogP contribution in [0.3, 0.4) is 0 Å². The van der Waals surface area contributed by atoms with Crippen molar-refractivity contribution in [2.24, 2.45) is 0 Å². The molecule has 2 aromatic carbocycles. The molecule has 0 aliphatic heterocycles. The van der Waals surface area contributed by atoms with Crippen LogP contribution in [0.15, 0.2) is 48.5 Å². The largest absolute Gasteiger partial charge is 0.352 e. The van der Waals surface area contributed by atoms with Gasteiger partial charge in [-0.1, -0.05) is 55.8 Å². The van der Waals surface area contributed by atoms with E-state index in [1.54, 1.807) is 17.0 Å². The maximum absolute atomic E-state index is 13.5. The number of nitrogens with one attached hydrogen (secondary N) is 1. The Morgan fingerprint density at radius 1 is 0.972 bits per heavy atom. The minimum Gasteiger partial charge on any atom is -0.352 e. The summed E-state index contributed by atoms with van der Waals surface area (Å²) in [4.78, 5) is 28.3. The molecule has 2 amide bonds. The first-order chi connectivity index (χ1) is 17.0. The molecule has 0 bridgehead atoms. The lowest BCUT2D eigenvalue weighted by Gasteiger charge is -2.32. The molecule has 7 nitrogen and oxygen atoms in total. The van der Waals surface area contributed by atoms with Gasteiger partial charge < -0.3 is 10.2 Å². The molecule has 0 aliphatic carbocycles. The van der Waals surface area contributed by atoms with Crippen molar-refractivity contribution in [1.29, 1.82) is 0 Å². The summed E-state index contributed by atoms with van der Waals surface area (Å²) in [5.41, 5.74) is 3.65. The molecule has 0 saturated carbocycles. The van der Waals surface area contributed by atoms with Crippen LogP contribution >= 0.6 is 0 Å². The van der Waals surface area contributed by atoms with Gasteiger partial charge in [-0.05, 0) is 63.3 Å². The predicted octanol–water partition coefficient (Wildman–Crippen LogP) is 4.57. The molecule has 2 aromatic rings. The number of hydrogen-bond donors (Lipinski definition) is 1. The number of amides is 2. The summed E-state index contributed by atoms with van der Waals surface area (Å²) in [6.07, 6.45) is 2.93. The van der Waals surface area contributed by atoms with Gasteiger partial charge in [0.1, 0.15) is 6.04 Å². The zero-order chi connectivity index (χ0) is 26.9. The number of carbonyl (C=O) groups is 2. The minimum absolute atomic E-state index is 0.0137. The molecular formula is C28H41N3O4S. The zero-order valence-electron chi connectivity index (χ0n) is 22.5. The zero-order valence-corrected chi connectivity index (χ0v) is 23.3. The number of carbonyl (C=O) groups excluding carboxylic acids is 2. The molecule has 198 valence electrons. The van der Waals surface area contributed by atoms with E-state index < -0.39 is 16.1 Å². The quantitative estimate of drug-likeness (QED) is 0.423.